The molecule has 1 atom stereocenters. The minimum absolute atomic E-state index is 0.0338. The summed E-state index contributed by atoms with van der Waals surface area (Å²) >= 11 is 0. The van der Waals surface area contributed by atoms with Crippen molar-refractivity contribution >= 4 is 21.6 Å². The molecule has 0 aromatic heterocycles. The van der Waals surface area contributed by atoms with Crippen molar-refractivity contribution in [2.24, 2.45) is 4.99 Å². The Morgan fingerprint density at radius 1 is 1.08 bits per heavy atom. The van der Waals surface area contributed by atoms with Crippen LogP contribution in [0.25, 0.3) is 0 Å². The molecular formula is C28H29FN2O6S. The molecule has 0 saturated carbocycles. The quantitative estimate of drug-likeness (QED) is 0.341. The maximum absolute atomic E-state index is 13.6. The van der Waals surface area contributed by atoms with Crippen molar-refractivity contribution in [1.29, 1.82) is 0 Å². The van der Waals surface area contributed by atoms with E-state index >= 15 is 0 Å². The van der Waals surface area contributed by atoms with Crippen molar-refractivity contribution in [1.82, 2.24) is 5.32 Å². The molecule has 0 saturated heterocycles. The third-order valence-corrected chi connectivity index (χ3v) is 7.82. The van der Waals surface area contributed by atoms with Crippen LogP contribution in [-0.2, 0) is 25.9 Å². The monoisotopic (exact) mass is 540 g/mol. The number of aliphatic hydroxyl groups is 1. The molecule has 3 aromatic rings. The fourth-order valence-electron chi connectivity index (χ4n) is 3.94. The van der Waals surface area contributed by atoms with Gasteiger partial charge in [-0.15, -0.1) is 0 Å². The van der Waals surface area contributed by atoms with Crippen molar-refractivity contribution in [3.8, 4) is 5.75 Å². The molecule has 0 radical (unpaired) electrons. The highest BCUT2D eigenvalue weighted by Gasteiger charge is 2.45. The van der Waals surface area contributed by atoms with Crippen molar-refractivity contribution in [2.75, 3.05) is 25.6 Å². The SMILES string of the molecule is O=C(NCc1cccc(F)c1)[C@@]1(CCS(=O)(=O)c2ccccc2)COC(c2ccc(OCCCO)cc2)=N1. The van der Waals surface area contributed by atoms with Gasteiger partial charge in [0.1, 0.15) is 18.2 Å². The molecule has 1 aliphatic rings. The number of carbonyl (C=O) groups excluding carboxylic acids is 1. The van der Waals surface area contributed by atoms with Gasteiger partial charge in [-0.2, -0.15) is 0 Å². The summed E-state index contributed by atoms with van der Waals surface area (Å²) in [5.74, 6) is -0.432. The minimum atomic E-state index is -3.68. The molecule has 200 valence electrons. The number of ether oxygens (including phenoxy) is 2. The van der Waals surface area contributed by atoms with E-state index in [-0.39, 0.29) is 42.7 Å². The van der Waals surface area contributed by atoms with Crippen molar-refractivity contribution in [3.05, 3.63) is 95.8 Å². The van der Waals surface area contributed by atoms with E-state index in [0.717, 1.165) is 0 Å². The van der Waals surface area contributed by atoms with E-state index in [1.807, 2.05) is 0 Å². The second-order valence-electron chi connectivity index (χ2n) is 8.88. The Labute approximate surface area is 221 Å². The average Bonchev–Trinajstić information content (AvgIpc) is 3.38. The van der Waals surface area contributed by atoms with Gasteiger partial charge >= 0.3 is 0 Å². The fraction of sp³-hybridized carbons (Fsp3) is 0.286. The normalized spacial score (nSPS) is 16.9. The van der Waals surface area contributed by atoms with E-state index in [9.17, 15) is 17.6 Å². The van der Waals surface area contributed by atoms with Crippen LogP contribution in [0.4, 0.5) is 4.39 Å². The molecule has 8 nitrogen and oxygen atoms in total. The van der Waals surface area contributed by atoms with Gasteiger partial charge in [-0.25, -0.2) is 17.8 Å². The fourth-order valence-corrected chi connectivity index (χ4v) is 5.36. The molecule has 0 aliphatic carbocycles. The van der Waals surface area contributed by atoms with Crippen LogP contribution in [0.1, 0.15) is 24.0 Å². The molecular weight excluding hydrogens is 511 g/mol. The Bertz CT molecular complexity index is 1380. The highest BCUT2D eigenvalue weighted by atomic mass is 32.2. The Morgan fingerprint density at radius 3 is 2.55 bits per heavy atom. The second-order valence-corrected chi connectivity index (χ2v) is 11.0. The Kier molecular flexibility index (Phi) is 8.75. The number of aliphatic imine (C=N–C) groups is 1. The number of hydrogen-bond acceptors (Lipinski definition) is 7. The van der Waals surface area contributed by atoms with Gasteiger partial charge in [0, 0.05) is 25.1 Å². The van der Waals surface area contributed by atoms with Gasteiger partial charge in [-0.05, 0) is 60.5 Å². The van der Waals surface area contributed by atoms with E-state index in [4.69, 9.17) is 14.6 Å². The summed E-state index contributed by atoms with van der Waals surface area (Å²) in [5.41, 5.74) is -0.323. The van der Waals surface area contributed by atoms with Gasteiger partial charge in [-0.1, -0.05) is 30.3 Å². The van der Waals surface area contributed by atoms with E-state index in [1.54, 1.807) is 54.6 Å². The predicted octanol–water partition coefficient (Wildman–Crippen LogP) is 3.28. The first kappa shape index (κ1) is 27.3. The van der Waals surface area contributed by atoms with Crippen molar-refractivity contribution in [3.63, 3.8) is 0 Å². The zero-order valence-corrected chi connectivity index (χ0v) is 21.5. The summed E-state index contributed by atoms with van der Waals surface area (Å²) in [4.78, 5) is 18.2. The number of benzene rings is 3. The van der Waals surface area contributed by atoms with Crippen LogP contribution in [0.15, 0.2) is 88.8 Å². The molecule has 2 N–H and O–H groups in total. The standard InChI is InChI=1S/C28H29FN2O6S/c29-23-7-4-6-21(18-23)19-30-27(33)28(14-17-38(34,35)25-8-2-1-3-9-25)20-37-26(31-28)22-10-12-24(13-11-22)36-16-5-15-32/h1-4,6-13,18,32H,5,14-17,19-20H2,(H,30,33)/t28-/m1/s1. The highest BCUT2D eigenvalue weighted by molar-refractivity contribution is 7.91. The predicted molar refractivity (Wildman–Crippen MR) is 140 cm³/mol. The number of sulfone groups is 1. The van der Waals surface area contributed by atoms with Crippen LogP contribution in [0.3, 0.4) is 0 Å². The third kappa shape index (κ3) is 6.76. The Hall–Kier alpha value is -3.76. The molecule has 1 aliphatic heterocycles. The van der Waals surface area contributed by atoms with Crippen LogP contribution >= 0.6 is 0 Å². The third-order valence-electron chi connectivity index (χ3n) is 6.09. The minimum Gasteiger partial charge on any atom is -0.494 e. The summed E-state index contributed by atoms with van der Waals surface area (Å²) in [6, 6.07) is 20.8. The molecule has 3 aromatic carbocycles. The lowest BCUT2D eigenvalue weighted by molar-refractivity contribution is -0.127. The maximum Gasteiger partial charge on any atom is 0.251 e. The number of hydrogen-bond donors (Lipinski definition) is 2. The molecule has 38 heavy (non-hydrogen) atoms. The van der Waals surface area contributed by atoms with Crippen LogP contribution in [-0.4, -0.2) is 56.4 Å². The van der Waals surface area contributed by atoms with Gasteiger partial charge in [0.2, 0.25) is 5.90 Å². The number of rotatable bonds is 12. The maximum atomic E-state index is 13.6. The highest BCUT2D eigenvalue weighted by Crippen LogP contribution is 2.29. The van der Waals surface area contributed by atoms with Gasteiger partial charge in [0.25, 0.3) is 5.91 Å². The summed E-state index contributed by atoms with van der Waals surface area (Å²) in [5, 5.41) is 11.7. The first-order valence-corrected chi connectivity index (χ1v) is 13.8. The summed E-state index contributed by atoms with van der Waals surface area (Å²) in [6.45, 7) is 0.314. The lowest BCUT2D eigenvalue weighted by Crippen LogP contribution is -2.47. The Morgan fingerprint density at radius 2 is 1.84 bits per heavy atom. The largest absolute Gasteiger partial charge is 0.494 e. The number of amides is 1. The summed E-state index contributed by atoms with van der Waals surface area (Å²) in [6.07, 6.45) is 0.405. The van der Waals surface area contributed by atoms with Crippen LogP contribution in [0.2, 0.25) is 0 Å². The molecule has 10 heteroatoms. The van der Waals surface area contributed by atoms with E-state index < -0.39 is 27.1 Å². The van der Waals surface area contributed by atoms with E-state index in [0.29, 0.717) is 29.9 Å². The zero-order chi connectivity index (χ0) is 27.0. The summed E-state index contributed by atoms with van der Waals surface area (Å²) in [7, 11) is -3.68. The van der Waals surface area contributed by atoms with Crippen LogP contribution < -0.4 is 10.1 Å². The number of aliphatic hydroxyl groups excluding tert-OH is 1. The van der Waals surface area contributed by atoms with E-state index in [2.05, 4.69) is 10.3 Å². The first-order chi connectivity index (χ1) is 18.3. The average molecular weight is 541 g/mol. The smallest absolute Gasteiger partial charge is 0.251 e. The van der Waals surface area contributed by atoms with Crippen LogP contribution in [0, 0.1) is 5.82 Å². The second kappa shape index (κ2) is 12.2. The number of halogens is 1. The number of nitrogens with zero attached hydrogens (tertiary/aromatic N) is 1. The van der Waals surface area contributed by atoms with Gasteiger partial charge < -0.3 is 19.9 Å². The van der Waals surface area contributed by atoms with Crippen molar-refractivity contribution in [2.45, 2.75) is 29.8 Å². The van der Waals surface area contributed by atoms with E-state index in [1.165, 1.54) is 24.3 Å². The molecule has 4 rings (SSSR count). The number of carbonyl (C=O) groups is 1. The van der Waals surface area contributed by atoms with Crippen molar-refractivity contribution < 1.29 is 32.2 Å². The van der Waals surface area contributed by atoms with Gasteiger partial charge in [-0.3, -0.25) is 4.79 Å². The molecule has 0 bridgehead atoms. The molecule has 0 spiro atoms. The topological polar surface area (TPSA) is 114 Å². The molecule has 0 fully saturated rings. The Balaban J connectivity index is 1.55. The lowest BCUT2D eigenvalue weighted by atomic mass is 9.97. The zero-order valence-electron chi connectivity index (χ0n) is 20.7. The molecule has 0 unspecified atom stereocenters. The number of nitrogens with one attached hydrogen (secondary N) is 1. The van der Waals surface area contributed by atoms with Gasteiger partial charge in [0.15, 0.2) is 15.4 Å². The van der Waals surface area contributed by atoms with Gasteiger partial charge in [0.05, 0.1) is 17.3 Å². The first-order valence-electron chi connectivity index (χ1n) is 12.2. The molecule has 1 amide bonds. The summed E-state index contributed by atoms with van der Waals surface area (Å²) < 4.78 is 50.9. The van der Waals surface area contributed by atoms with Crippen LogP contribution in [0.5, 0.6) is 5.75 Å². The lowest BCUT2D eigenvalue weighted by Gasteiger charge is -2.23. The molecule has 1 heterocycles.